The topological polar surface area (TPSA) is 46.9 Å². The van der Waals surface area contributed by atoms with Crippen LogP contribution in [0.4, 0.5) is 5.82 Å². The van der Waals surface area contributed by atoms with E-state index in [-0.39, 0.29) is 11.1 Å². The largest absolute Gasteiger partial charge is 0.365 e. The van der Waals surface area contributed by atoms with Crippen LogP contribution >= 0.6 is 11.6 Å². The van der Waals surface area contributed by atoms with Crippen LogP contribution in [0.15, 0.2) is 17.2 Å². The maximum atomic E-state index is 12.4. The molecule has 0 aromatic carbocycles. The summed E-state index contributed by atoms with van der Waals surface area (Å²) in [5.74, 6) is 1.57. The SMILES string of the molecule is CCCC(CCCl)CNc1nccn(C(C)(C)C)c1=O. The Kier molecular flexibility index (Phi) is 6.53. The molecule has 5 heteroatoms. The van der Waals surface area contributed by atoms with Crippen molar-refractivity contribution in [2.24, 2.45) is 5.92 Å². The lowest BCUT2D eigenvalue weighted by Crippen LogP contribution is -2.35. The zero-order chi connectivity index (χ0) is 15.2. The summed E-state index contributed by atoms with van der Waals surface area (Å²) in [5.41, 5.74) is -0.309. The van der Waals surface area contributed by atoms with Crippen LogP contribution in [-0.4, -0.2) is 22.0 Å². The Morgan fingerprint density at radius 2 is 2.10 bits per heavy atom. The summed E-state index contributed by atoms with van der Waals surface area (Å²) in [6.07, 6.45) is 6.60. The zero-order valence-corrected chi connectivity index (χ0v) is 13.7. The first-order valence-corrected chi connectivity index (χ1v) is 7.81. The molecule has 1 aromatic heterocycles. The standard InChI is InChI=1S/C15H26ClN3O/c1-5-6-12(7-8-16)11-18-13-14(20)19(10-9-17-13)15(2,3)4/h9-10,12H,5-8,11H2,1-4H3,(H,17,18). The van der Waals surface area contributed by atoms with Crippen LogP contribution in [0.1, 0.15) is 47.0 Å². The zero-order valence-electron chi connectivity index (χ0n) is 12.9. The van der Waals surface area contributed by atoms with Gasteiger partial charge in [0.15, 0.2) is 5.82 Å². The van der Waals surface area contributed by atoms with Gasteiger partial charge in [0.25, 0.3) is 5.56 Å². The number of aromatic nitrogens is 2. The number of hydrogen-bond donors (Lipinski definition) is 1. The molecule has 0 aliphatic rings. The quantitative estimate of drug-likeness (QED) is 0.784. The molecule has 0 bridgehead atoms. The average molecular weight is 300 g/mol. The third-order valence-corrected chi connectivity index (χ3v) is 3.55. The second-order valence-electron chi connectivity index (χ2n) is 6.14. The number of halogens is 1. The highest BCUT2D eigenvalue weighted by molar-refractivity contribution is 6.17. The van der Waals surface area contributed by atoms with Gasteiger partial charge in [-0.25, -0.2) is 4.98 Å². The van der Waals surface area contributed by atoms with Crippen molar-refractivity contribution in [1.29, 1.82) is 0 Å². The van der Waals surface area contributed by atoms with Gasteiger partial charge in [0.1, 0.15) is 0 Å². The monoisotopic (exact) mass is 299 g/mol. The minimum atomic E-state index is -0.241. The first kappa shape index (κ1) is 17.0. The van der Waals surface area contributed by atoms with Crippen LogP contribution in [0.25, 0.3) is 0 Å². The molecule has 0 saturated heterocycles. The van der Waals surface area contributed by atoms with Crippen molar-refractivity contribution in [2.75, 3.05) is 17.7 Å². The molecule has 1 rings (SSSR count). The maximum Gasteiger partial charge on any atom is 0.293 e. The van der Waals surface area contributed by atoms with Crippen molar-refractivity contribution in [3.05, 3.63) is 22.7 Å². The van der Waals surface area contributed by atoms with Gasteiger partial charge in [-0.15, -0.1) is 11.6 Å². The second kappa shape index (κ2) is 7.67. The third kappa shape index (κ3) is 4.82. The van der Waals surface area contributed by atoms with E-state index in [9.17, 15) is 4.79 Å². The first-order valence-electron chi connectivity index (χ1n) is 7.28. The number of rotatable bonds is 7. The molecule has 1 aromatic rings. The minimum absolute atomic E-state index is 0.0684. The molecule has 0 aliphatic carbocycles. The van der Waals surface area contributed by atoms with Crippen LogP contribution in [0.3, 0.4) is 0 Å². The van der Waals surface area contributed by atoms with E-state index >= 15 is 0 Å². The molecule has 1 atom stereocenters. The number of hydrogen-bond acceptors (Lipinski definition) is 3. The van der Waals surface area contributed by atoms with E-state index in [0.717, 1.165) is 25.8 Å². The van der Waals surface area contributed by atoms with Gasteiger partial charge in [0, 0.05) is 30.4 Å². The molecular formula is C15H26ClN3O. The van der Waals surface area contributed by atoms with Crippen LogP contribution in [0.2, 0.25) is 0 Å². The van der Waals surface area contributed by atoms with Crippen molar-refractivity contribution >= 4 is 17.4 Å². The lowest BCUT2D eigenvalue weighted by molar-refractivity contribution is 0.383. The molecule has 114 valence electrons. The van der Waals surface area contributed by atoms with E-state index in [0.29, 0.717) is 17.6 Å². The van der Waals surface area contributed by atoms with Crippen molar-refractivity contribution in [3.63, 3.8) is 0 Å². The van der Waals surface area contributed by atoms with Gasteiger partial charge in [0.05, 0.1) is 0 Å². The lowest BCUT2D eigenvalue weighted by atomic mass is 10.0. The van der Waals surface area contributed by atoms with E-state index in [1.54, 1.807) is 17.0 Å². The smallest absolute Gasteiger partial charge is 0.293 e. The fraction of sp³-hybridized carbons (Fsp3) is 0.733. The van der Waals surface area contributed by atoms with E-state index in [1.807, 2.05) is 20.8 Å². The Morgan fingerprint density at radius 3 is 2.65 bits per heavy atom. The average Bonchev–Trinajstić information content (AvgIpc) is 2.36. The van der Waals surface area contributed by atoms with Crippen LogP contribution in [0, 0.1) is 5.92 Å². The van der Waals surface area contributed by atoms with E-state index in [4.69, 9.17) is 11.6 Å². The highest BCUT2D eigenvalue weighted by Gasteiger charge is 2.17. The van der Waals surface area contributed by atoms with Crippen LogP contribution in [-0.2, 0) is 5.54 Å². The molecule has 0 saturated carbocycles. The normalized spacial score (nSPS) is 13.2. The summed E-state index contributed by atoms with van der Waals surface area (Å²) >= 11 is 5.82. The number of anilines is 1. The summed E-state index contributed by atoms with van der Waals surface area (Å²) in [4.78, 5) is 16.5. The first-order chi connectivity index (χ1) is 9.40. The van der Waals surface area contributed by atoms with Gasteiger partial charge in [0.2, 0.25) is 0 Å². The molecular weight excluding hydrogens is 274 g/mol. The number of nitrogens with one attached hydrogen (secondary N) is 1. The Hall–Kier alpha value is -1.03. The molecule has 1 heterocycles. The third-order valence-electron chi connectivity index (χ3n) is 3.34. The molecule has 0 fully saturated rings. The van der Waals surface area contributed by atoms with E-state index in [1.165, 1.54) is 0 Å². The number of alkyl halides is 1. The van der Waals surface area contributed by atoms with Gasteiger partial charge in [-0.3, -0.25) is 4.79 Å². The molecule has 0 amide bonds. The Balaban J connectivity index is 2.80. The highest BCUT2D eigenvalue weighted by atomic mass is 35.5. The highest BCUT2D eigenvalue weighted by Crippen LogP contribution is 2.14. The summed E-state index contributed by atoms with van der Waals surface area (Å²) in [6, 6.07) is 0. The van der Waals surface area contributed by atoms with Gasteiger partial charge in [-0.05, 0) is 39.5 Å². The fourth-order valence-electron chi connectivity index (χ4n) is 2.21. The molecule has 20 heavy (non-hydrogen) atoms. The summed E-state index contributed by atoms with van der Waals surface area (Å²) < 4.78 is 1.71. The Morgan fingerprint density at radius 1 is 1.40 bits per heavy atom. The Bertz CT molecular complexity index is 459. The van der Waals surface area contributed by atoms with E-state index < -0.39 is 0 Å². The van der Waals surface area contributed by atoms with Gasteiger partial charge >= 0.3 is 0 Å². The van der Waals surface area contributed by atoms with E-state index in [2.05, 4.69) is 17.2 Å². The molecule has 1 unspecified atom stereocenters. The summed E-state index contributed by atoms with van der Waals surface area (Å²) in [7, 11) is 0. The number of nitrogens with zero attached hydrogens (tertiary/aromatic N) is 2. The van der Waals surface area contributed by atoms with Crippen LogP contribution in [0.5, 0.6) is 0 Å². The molecule has 0 aliphatic heterocycles. The van der Waals surface area contributed by atoms with Crippen molar-refractivity contribution in [3.8, 4) is 0 Å². The predicted octanol–water partition coefficient (Wildman–Crippen LogP) is 3.46. The predicted molar refractivity (Wildman–Crippen MR) is 85.7 cm³/mol. The molecule has 0 spiro atoms. The summed E-state index contributed by atoms with van der Waals surface area (Å²) in [5, 5.41) is 3.19. The van der Waals surface area contributed by atoms with Gasteiger partial charge < -0.3 is 9.88 Å². The van der Waals surface area contributed by atoms with Crippen LogP contribution < -0.4 is 10.9 Å². The maximum absolute atomic E-state index is 12.4. The van der Waals surface area contributed by atoms with Gasteiger partial charge in [-0.2, -0.15) is 0 Å². The lowest BCUT2D eigenvalue weighted by Gasteiger charge is -2.23. The van der Waals surface area contributed by atoms with Crippen molar-refractivity contribution in [2.45, 2.75) is 52.5 Å². The molecule has 1 N–H and O–H groups in total. The summed E-state index contributed by atoms with van der Waals surface area (Å²) in [6.45, 7) is 8.92. The minimum Gasteiger partial charge on any atom is -0.365 e. The molecule has 4 nitrogen and oxygen atoms in total. The van der Waals surface area contributed by atoms with Crippen molar-refractivity contribution in [1.82, 2.24) is 9.55 Å². The second-order valence-corrected chi connectivity index (χ2v) is 6.51. The Labute approximate surface area is 126 Å². The van der Waals surface area contributed by atoms with Crippen molar-refractivity contribution < 1.29 is 0 Å². The van der Waals surface area contributed by atoms with Gasteiger partial charge in [-0.1, -0.05) is 13.3 Å². The fourth-order valence-corrected chi connectivity index (χ4v) is 2.52. The molecule has 0 radical (unpaired) electrons.